The summed E-state index contributed by atoms with van der Waals surface area (Å²) >= 11 is 0. The summed E-state index contributed by atoms with van der Waals surface area (Å²) in [6.07, 6.45) is 2.26. The zero-order chi connectivity index (χ0) is 33.1. The summed E-state index contributed by atoms with van der Waals surface area (Å²) < 4.78 is 26.0. The van der Waals surface area contributed by atoms with Gasteiger partial charge in [-0.25, -0.2) is 9.18 Å². The number of rotatable bonds is 8. The highest BCUT2D eigenvalue weighted by Gasteiger charge is 2.30. The van der Waals surface area contributed by atoms with Crippen LogP contribution in [0, 0.1) is 11.7 Å². The molecule has 0 radical (unpaired) electrons. The van der Waals surface area contributed by atoms with Crippen molar-refractivity contribution >= 4 is 23.3 Å². The van der Waals surface area contributed by atoms with Gasteiger partial charge in [0.1, 0.15) is 11.6 Å². The van der Waals surface area contributed by atoms with Gasteiger partial charge in [-0.1, -0.05) is 37.3 Å². The van der Waals surface area contributed by atoms with Gasteiger partial charge in [-0.3, -0.25) is 9.69 Å². The van der Waals surface area contributed by atoms with Crippen molar-refractivity contribution < 1.29 is 28.6 Å². The number of fused-ring (bicyclic) bond motifs is 1. The Labute approximate surface area is 271 Å². The molecule has 0 bridgehead atoms. The van der Waals surface area contributed by atoms with Crippen molar-refractivity contribution in [3.05, 3.63) is 89.7 Å². The fraction of sp³-hybridized carbons (Fsp3) is 0.444. The molecule has 1 heterocycles. The number of benzene rings is 3. The standard InChI is InChI=1S/C36H47FN4O5/c1-25-21-41(26(2)24-42)35(43)32-20-31(39-36(44)38-30-15-13-29(37)14-16-30)17-18-33(32)46-27(3)10-8-9-19-45-34(25)23-40(4)22-28-11-6-5-7-12-28/h5-7,11-18,20,25-27,34,42H,8-10,19,21-24H2,1-4H3,(H2,38,39,44)/t25-,26+,27+,34-/m1/s1. The maximum atomic E-state index is 14.3. The monoisotopic (exact) mass is 634 g/mol. The molecule has 1 aliphatic heterocycles. The molecular formula is C36H47FN4O5. The van der Waals surface area contributed by atoms with Gasteiger partial charge in [-0.05, 0) is 88.2 Å². The normalized spacial score (nSPS) is 20.3. The summed E-state index contributed by atoms with van der Waals surface area (Å²) in [5.41, 5.74) is 2.31. The molecule has 3 N–H and O–H groups in total. The number of amides is 3. The molecule has 0 saturated carbocycles. The van der Waals surface area contributed by atoms with Crippen molar-refractivity contribution in [1.82, 2.24) is 9.80 Å². The van der Waals surface area contributed by atoms with E-state index in [1.807, 2.05) is 32.0 Å². The Hall–Kier alpha value is -3.99. The van der Waals surface area contributed by atoms with Gasteiger partial charge in [0.05, 0.1) is 30.4 Å². The number of nitrogens with zero attached hydrogens (tertiary/aromatic N) is 2. The number of likely N-dealkylation sites (N-methyl/N-ethyl adjacent to an activating group) is 1. The lowest BCUT2D eigenvalue weighted by atomic mass is 10.0. The van der Waals surface area contributed by atoms with Gasteiger partial charge >= 0.3 is 6.03 Å². The average molecular weight is 635 g/mol. The number of hydrogen-bond acceptors (Lipinski definition) is 6. The Balaban J connectivity index is 1.58. The number of aliphatic hydroxyl groups is 1. The molecule has 3 amide bonds. The first-order chi connectivity index (χ1) is 22.1. The summed E-state index contributed by atoms with van der Waals surface area (Å²) in [7, 11) is 2.07. The van der Waals surface area contributed by atoms with Crippen LogP contribution < -0.4 is 15.4 Å². The first kappa shape index (κ1) is 34.9. The number of urea groups is 1. The van der Waals surface area contributed by atoms with Crippen molar-refractivity contribution in [2.45, 2.75) is 64.8 Å². The number of carbonyl (C=O) groups is 2. The third-order valence-corrected chi connectivity index (χ3v) is 8.20. The van der Waals surface area contributed by atoms with Gasteiger partial charge in [-0.2, -0.15) is 0 Å². The molecule has 3 aromatic rings. The predicted octanol–water partition coefficient (Wildman–Crippen LogP) is 6.40. The van der Waals surface area contributed by atoms with Gasteiger partial charge in [0.15, 0.2) is 0 Å². The number of aliphatic hydroxyl groups excluding tert-OH is 1. The van der Waals surface area contributed by atoms with Crippen LogP contribution in [0.2, 0.25) is 0 Å². The molecule has 4 rings (SSSR count). The Kier molecular flexibility index (Phi) is 12.9. The highest BCUT2D eigenvalue weighted by atomic mass is 19.1. The maximum absolute atomic E-state index is 14.3. The van der Waals surface area contributed by atoms with E-state index in [2.05, 4.69) is 41.6 Å². The van der Waals surface area contributed by atoms with Crippen LogP contribution >= 0.6 is 0 Å². The molecule has 248 valence electrons. The lowest BCUT2D eigenvalue weighted by Gasteiger charge is -2.36. The molecule has 4 atom stereocenters. The van der Waals surface area contributed by atoms with Gasteiger partial charge in [0, 0.05) is 43.5 Å². The molecule has 10 heteroatoms. The van der Waals surface area contributed by atoms with Crippen LogP contribution in [0.15, 0.2) is 72.8 Å². The van der Waals surface area contributed by atoms with Crippen molar-refractivity contribution in [2.24, 2.45) is 5.92 Å². The quantitative estimate of drug-likeness (QED) is 0.265. The Morgan fingerprint density at radius 2 is 1.74 bits per heavy atom. The first-order valence-corrected chi connectivity index (χ1v) is 16.0. The second kappa shape index (κ2) is 17.1. The van der Waals surface area contributed by atoms with Crippen molar-refractivity contribution in [3.63, 3.8) is 0 Å². The Bertz CT molecular complexity index is 1410. The summed E-state index contributed by atoms with van der Waals surface area (Å²) in [5.74, 6) is -0.355. The predicted molar refractivity (Wildman–Crippen MR) is 179 cm³/mol. The van der Waals surface area contributed by atoms with Gasteiger partial charge in [0.2, 0.25) is 0 Å². The van der Waals surface area contributed by atoms with Crippen LogP contribution in [0.25, 0.3) is 0 Å². The van der Waals surface area contributed by atoms with Crippen molar-refractivity contribution in [2.75, 3.05) is 44.0 Å². The van der Waals surface area contributed by atoms with E-state index < -0.39 is 17.9 Å². The van der Waals surface area contributed by atoms with E-state index in [1.54, 1.807) is 23.1 Å². The second-order valence-corrected chi connectivity index (χ2v) is 12.3. The minimum Gasteiger partial charge on any atom is -0.490 e. The van der Waals surface area contributed by atoms with Crippen LogP contribution in [-0.2, 0) is 11.3 Å². The van der Waals surface area contributed by atoms with E-state index in [0.29, 0.717) is 36.8 Å². The Morgan fingerprint density at radius 1 is 1.04 bits per heavy atom. The number of nitrogens with one attached hydrogen (secondary N) is 2. The zero-order valence-electron chi connectivity index (χ0n) is 27.2. The van der Waals surface area contributed by atoms with Gasteiger partial charge in [-0.15, -0.1) is 0 Å². The van der Waals surface area contributed by atoms with E-state index in [1.165, 1.54) is 29.8 Å². The minimum atomic E-state index is -0.539. The summed E-state index contributed by atoms with van der Waals surface area (Å²) in [5, 5.41) is 15.6. The van der Waals surface area contributed by atoms with Crippen LogP contribution in [0.1, 0.15) is 56.0 Å². The molecular weight excluding hydrogens is 587 g/mol. The van der Waals surface area contributed by atoms with Crippen LogP contribution in [0.4, 0.5) is 20.6 Å². The number of anilines is 2. The topological polar surface area (TPSA) is 103 Å². The molecule has 46 heavy (non-hydrogen) atoms. The lowest BCUT2D eigenvalue weighted by molar-refractivity contribution is -0.0177. The molecule has 1 aliphatic rings. The van der Waals surface area contributed by atoms with E-state index in [9.17, 15) is 19.1 Å². The number of hydrogen-bond donors (Lipinski definition) is 3. The molecule has 0 aromatic heterocycles. The summed E-state index contributed by atoms with van der Waals surface area (Å²) in [6, 6.07) is 19.7. The molecule has 0 spiro atoms. The third kappa shape index (κ3) is 10.3. The van der Waals surface area contributed by atoms with E-state index in [-0.39, 0.29) is 36.2 Å². The van der Waals surface area contributed by atoms with Gasteiger partial charge in [0.25, 0.3) is 5.91 Å². The molecule has 0 unspecified atom stereocenters. The second-order valence-electron chi connectivity index (χ2n) is 12.3. The largest absolute Gasteiger partial charge is 0.490 e. The average Bonchev–Trinajstić information content (AvgIpc) is 3.04. The van der Waals surface area contributed by atoms with Crippen molar-refractivity contribution in [3.8, 4) is 5.75 Å². The van der Waals surface area contributed by atoms with E-state index in [4.69, 9.17) is 9.47 Å². The van der Waals surface area contributed by atoms with Crippen molar-refractivity contribution in [1.29, 1.82) is 0 Å². The third-order valence-electron chi connectivity index (χ3n) is 8.20. The SMILES string of the molecule is C[C@@H]1CN([C@@H](C)CO)C(=O)c2cc(NC(=O)Nc3ccc(F)cc3)ccc2O[C@@H](C)CCCCO[C@@H]1CN(C)Cc1ccccc1. The highest BCUT2D eigenvalue weighted by molar-refractivity contribution is 6.02. The Morgan fingerprint density at radius 3 is 2.46 bits per heavy atom. The molecule has 0 fully saturated rings. The molecule has 3 aromatic carbocycles. The first-order valence-electron chi connectivity index (χ1n) is 16.0. The lowest BCUT2D eigenvalue weighted by Crippen LogP contribution is -2.47. The van der Waals surface area contributed by atoms with Gasteiger partial charge < -0.3 is 30.1 Å². The smallest absolute Gasteiger partial charge is 0.323 e. The number of ether oxygens (including phenoxy) is 2. The van der Waals surface area contributed by atoms with E-state index >= 15 is 0 Å². The van der Waals surface area contributed by atoms with Crippen LogP contribution in [0.5, 0.6) is 5.75 Å². The number of halogens is 1. The summed E-state index contributed by atoms with van der Waals surface area (Å²) in [4.78, 5) is 31.0. The fourth-order valence-corrected chi connectivity index (χ4v) is 5.56. The minimum absolute atomic E-state index is 0.0507. The maximum Gasteiger partial charge on any atom is 0.323 e. The zero-order valence-corrected chi connectivity index (χ0v) is 27.2. The number of carbonyl (C=O) groups excluding carboxylic acids is 2. The molecule has 0 aliphatic carbocycles. The summed E-state index contributed by atoms with van der Waals surface area (Å²) in [6.45, 7) is 8.05. The fourth-order valence-electron chi connectivity index (χ4n) is 5.56. The van der Waals surface area contributed by atoms with Crippen LogP contribution in [-0.4, -0.2) is 78.4 Å². The van der Waals surface area contributed by atoms with E-state index in [0.717, 1.165) is 25.8 Å². The van der Waals surface area contributed by atoms with Crippen LogP contribution in [0.3, 0.4) is 0 Å². The highest BCUT2D eigenvalue weighted by Crippen LogP contribution is 2.29. The molecule has 0 saturated heterocycles. The molecule has 9 nitrogen and oxygen atoms in total.